The third-order valence-corrected chi connectivity index (χ3v) is 3.93. The third kappa shape index (κ3) is 2.98. The number of hydrazine groups is 1. The van der Waals surface area contributed by atoms with Crippen molar-refractivity contribution in [3.63, 3.8) is 0 Å². The molecule has 0 saturated carbocycles. The number of nitrogens with two attached hydrogens (primary N) is 1. The fourth-order valence-electron chi connectivity index (χ4n) is 2.72. The lowest BCUT2D eigenvalue weighted by Gasteiger charge is -2.18. The summed E-state index contributed by atoms with van der Waals surface area (Å²) in [4.78, 5) is 48.3. The minimum atomic E-state index is -0.978. The van der Waals surface area contributed by atoms with Gasteiger partial charge in [-0.1, -0.05) is 12.1 Å². The minimum Gasteiger partial charge on any atom is -0.449 e. The molecule has 27 heavy (non-hydrogen) atoms. The number of imide groups is 1. The van der Waals surface area contributed by atoms with E-state index in [1.807, 2.05) is 0 Å². The molecule has 2 aromatic carbocycles. The Labute approximate surface area is 152 Å². The molecule has 10 nitrogen and oxygen atoms in total. The first kappa shape index (κ1) is 18.0. The lowest BCUT2D eigenvalue weighted by Crippen LogP contribution is -2.38. The van der Waals surface area contributed by atoms with Crippen LogP contribution in [-0.4, -0.2) is 29.4 Å². The van der Waals surface area contributed by atoms with Crippen molar-refractivity contribution in [1.82, 2.24) is 0 Å². The van der Waals surface area contributed by atoms with Crippen LogP contribution in [-0.2, 0) is 4.74 Å². The number of nitrogens with zero attached hydrogens (tertiary/aromatic N) is 3. The lowest BCUT2D eigenvalue weighted by molar-refractivity contribution is -0.384. The molecule has 1 aliphatic rings. The molecular formula is C17H14N4O6. The summed E-state index contributed by atoms with van der Waals surface area (Å²) in [6.45, 7) is 1.60. The number of nitro groups is 1. The maximum atomic E-state index is 12.5. The van der Waals surface area contributed by atoms with Crippen LogP contribution in [0.4, 0.5) is 21.9 Å². The van der Waals surface area contributed by atoms with Gasteiger partial charge >= 0.3 is 6.09 Å². The van der Waals surface area contributed by atoms with Crippen LogP contribution in [0.25, 0.3) is 0 Å². The van der Waals surface area contributed by atoms with E-state index in [1.54, 1.807) is 19.1 Å². The number of carbonyl (C=O) groups is 3. The highest BCUT2D eigenvalue weighted by molar-refractivity contribution is 6.34. The average Bonchev–Trinajstić information content (AvgIpc) is 2.92. The van der Waals surface area contributed by atoms with E-state index in [0.29, 0.717) is 5.01 Å². The number of anilines is 2. The Balaban J connectivity index is 2.03. The van der Waals surface area contributed by atoms with E-state index in [1.165, 1.54) is 24.3 Å². The highest BCUT2D eigenvalue weighted by Crippen LogP contribution is 2.35. The molecule has 0 atom stereocenters. The van der Waals surface area contributed by atoms with E-state index in [9.17, 15) is 24.5 Å². The first-order valence-corrected chi connectivity index (χ1v) is 7.84. The van der Waals surface area contributed by atoms with Crippen molar-refractivity contribution >= 4 is 35.0 Å². The van der Waals surface area contributed by atoms with Gasteiger partial charge in [0.25, 0.3) is 17.5 Å². The summed E-state index contributed by atoms with van der Waals surface area (Å²) in [6, 6.07) is 9.71. The maximum Gasteiger partial charge on any atom is 0.429 e. The number of hydrogen-bond donors (Lipinski definition) is 1. The predicted octanol–water partition coefficient (Wildman–Crippen LogP) is 2.23. The van der Waals surface area contributed by atoms with Crippen LogP contribution in [0.5, 0.6) is 0 Å². The zero-order valence-corrected chi connectivity index (χ0v) is 14.1. The summed E-state index contributed by atoms with van der Waals surface area (Å²) in [5.41, 5.74) is -0.380. The second-order valence-electron chi connectivity index (χ2n) is 5.49. The number of nitro benzene ring substituents is 1. The second-order valence-corrected chi connectivity index (χ2v) is 5.49. The predicted molar refractivity (Wildman–Crippen MR) is 94.4 cm³/mol. The van der Waals surface area contributed by atoms with Crippen LogP contribution < -0.4 is 15.8 Å². The molecule has 1 heterocycles. The van der Waals surface area contributed by atoms with Crippen LogP contribution in [0.1, 0.15) is 27.6 Å². The normalized spacial score (nSPS) is 12.7. The van der Waals surface area contributed by atoms with Crippen molar-refractivity contribution in [2.45, 2.75) is 6.92 Å². The molecule has 0 fully saturated rings. The van der Waals surface area contributed by atoms with Gasteiger partial charge in [0.05, 0.1) is 28.3 Å². The quantitative estimate of drug-likeness (QED) is 0.286. The molecule has 0 aromatic heterocycles. The smallest absolute Gasteiger partial charge is 0.429 e. The molecule has 0 spiro atoms. The van der Waals surface area contributed by atoms with Gasteiger partial charge in [0, 0.05) is 6.07 Å². The largest absolute Gasteiger partial charge is 0.449 e. The molecule has 138 valence electrons. The summed E-state index contributed by atoms with van der Waals surface area (Å²) >= 11 is 0. The van der Waals surface area contributed by atoms with Gasteiger partial charge in [0.15, 0.2) is 0 Å². The van der Waals surface area contributed by atoms with E-state index >= 15 is 0 Å². The molecule has 2 aromatic rings. The second kappa shape index (κ2) is 6.84. The summed E-state index contributed by atoms with van der Waals surface area (Å²) in [6.07, 6.45) is -0.978. The number of amides is 3. The van der Waals surface area contributed by atoms with Gasteiger partial charge in [-0.25, -0.2) is 20.5 Å². The molecular weight excluding hydrogens is 356 g/mol. The first-order valence-electron chi connectivity index (χ1n) is 7.84. The number of carbonyl (C=O) groups excluding carboxylic acids is 3. The maximum absolute atomic E-state index is 12.5. The fourth-order valence-corrected chi connectivity index (χ4v) is 2.72. The van der Waals surface area contributed by atoms with Crippen molar-refractivity contribution in [3.05, 3.63) is 63.7 Å². The molecule has 10 heteroatoms. The molecule has 2 N–H and O–H groups in total. The van der Waals surface area contributed by atoms with E-state index in [2.05, 4.69) is 0 Å². The van der Waals surface area contributed by atoms with Crippen molar-refractivity contribution in [3.8, 4) is 0 Å². The highest BCUT2D eigenvalue weighted by Gasteiger charge is 2.37. The Morgan fingerprint density at radius 1 is 1.19 bits per heavy atom. The Morgan fingerprint density at radius 3 is 2.30 bits per heavy atom. The van der Waals surface area contributed by atoms with E-state index in [4.69, 9.17) is 10.6 Å². The average molecular weight is 370 g/mol. The van der Waals surface area contributed by atoms with Crippen molar-refractivity contribution in [2.24, 2.45) is 5.84 Å². The Hall–Kier alpha value is -3.79. The summed E-state index contributed by atoms with van der Waals surface area (Å²) in [7, 11) is 0. The number of fused-ring (bicyclic) bond motifs is 1. The monoisotopic (exact) mass is 370 g/mol. The molecule has 0 radical (unpaired) electrons. The van der Waals surface area contributed by atoms with Gasteiger partial charge in [-0.2, -0.15) is 0 Å². The summed E-state index contributed by atoms with van der Waals surface area (Å²) in [5, 5.41) is 11.9. The van der Waals surface area contributed by atoms with Gasteiger partial charge < -0.3 is 4.74 Å². The fraction of sp³-hybridized carbons (Fsp3) is 0.118. The SMILES string of the molecule is CCOC(=O)N(N)c1ccc(N2C(=O)c3ccccc3C2=O)cc1[N+](=O)[O-]. The van der Waals surface area contributed by atoms with Gasteiger partial charge in [-0.3, -0.25) is 19.7 Å². The summed E-state index contributed by atoms with van der Waals surface area (Å²) in [5.74, 6) is 4.42. The number of ether oxygens (including phenoxy) is 1. The van der Waals surface area contributed by atoms with Gasteiger partial charge in [-0.15, -0.1) is 0 Å². The van der Waals surface area contributed by atoms with E-state index in [0.717, 1.165) is 11.0 Å². The Kier molecular flexibility index (Phi) is 4.57. The first-order chi connectivity index (χ1) is 12.9. The van der Waals surface area contributed by atoms with Crippen LogP contribution in [0.3, 0.4) is 0 Å². The molecule has 3 amide bonds. The molecule has 0 saturated heterocycles. The van der Waals surface area contributed by atoms with Crippen LogP contribution in [0, 0.1) is 10.1 Å². The molecule has 1 aliphatic heterocycles. The lowest BCUT2D eigenvalue weighted by atomic mass is 10.1. The van der Waals surface area contributed by atoms with Crippen LogP contribution in [0.15, 0.2) is 42.5 Å². The topological polar surface area (TPSA) is 136 Å². The zero-order valence-electron chi connectivity index (χ0n) is 14.1. The summed E-state index contributed by atoms with van der Waals surface area (Å²) < 4.78 is 4.72. The number of benzene rings is 2. The van der Waals surface area contributed by atoms with Crippen molar-refractivity contribution in [2.75, 3.05) is 16.5 Å². The standard InChI is InChI=1S/C17H14N4O6/c1-2-27-17(24)20(18)13-8-7-10(9-14(13)21(25)26)19-15(22)11-5-3-4-6-12(11)16(19)23/h3-9H,2,18H2,1H3. The number of hydrogen-bond acceptors (Lipinski definition) is 7. The third-order valence-electron chi connectivity index (χ3n) is 3.93. The Morgan fingerprint density at radius 2 is 1.78 bits per heavy atom. The van der Waals surface area contributed by atoms with E-state index in [-0.39, 0.29) is 29.1 Å². The van der Waals surface area contributed by atoms with Gasteiger partial charge in [-0.05, 0) is 31.2 Å². The van der Waals surface area contributed by atoms with Gasteiger partial charge in [0.1, 0.15) is 5.69 Å². The molecule has 3 rings (SSSR count). The van der Waals surface area contributed by atoms with Gasteiger partial charge in [0.2, 0.25) is 0 Å². The molecule has 0 aliphatic carbocycles. The highest BCUT2D eigenvalue weighted by atomic mass is 16.6. The zero-order chi connectivity index (χ0) is 19.7. The van der Waals surface area contributed by atoms with Crippen LogP contribution >= 0.6 is 0 Å². The van der Waals surface area contributed by atoms with Crippen LogP contribution in [0.2, 0.25) is 0 Å². The van der Waals surface area contributed by atoms with Crippen molar-refractivity contribution in [1.29, 1.82) is 0 Å². The molecule has 0 bridgehead atoms. The van der Waals surface area contributed by atoms with Crippen molar-refractivity contribution < 1.29 is 24.0 Å². The number of rotatable bonds is 4. The Bertz CT molecular complexity index is 939. The minimum absolute atomic E-state index is 0.00564. The molecule has 0 unspecified atom stereocenters. The van der Waals surface area contributed by atoms with E-state index < -0.39 is 28.5 Å².